The van der Waals surface area contributed by atoms with E-state index in [9.17, 15) is 41.5 Å². The van der Waals surface area contributed by atoms with E-state index < -0.39 is 57.1 Å². The van der Waals surface area contributed by atoms with Crippen molar-refractivity contribution in [2.45, 2.75) is 25.5 Å². The van der Waals surface area contributed by atoms with Crippen molar-refractivity contribution in [3.63, 3.8) is 0 Å². The number of hydrogen-bond donors (Lipinski definition) is 2. The highest BCUT2D eigenvalue weighted by Gasteiger charge is 2.38. The number of pyridine rings is 1. The van der Waals surface area contributed by atoms with Gasteiger partial charge in [0.15, 0.2) is 0 Å². The lowest BCUT2D eigenvalue weighted by molar-refractivity contribution is -0.123. The number of carboxylic acid groups (broad SMARTS) is 1. The van der Waals surface area contributed by atoms with E-state index >= 15 is 0 Å². The topological polar surface area (TPSA) is 140 Å². The van der Waals surface area contributed by atoms with Crippen molar-refractivity contribution in [2.24, 2.45) is 5.92 Å². The van der Waals surface area contributed by atoms with Gasteiger partial charge in [-0.1, -0.05) is 19.1 Å². The van der Waals surface area contributed by atoms with Crippen molar-refractivity contribution in [2.75, 3.05) is 18.0 Å². The molecule has 1 amide bonds. The van der Waals surface area contributed by atoms with E-state index in [0.717, 1.165) is 12.1 Å². The van der Waals surface area contributed by atoms with Crippen molar-refractivity contribution in [3.8, 4) is 6.07 Å². The molecule has 2 aromatic rings. The first-order valence-electron chi connectivity index (χ1n) is 9.99. The van der Waals surface area contributed by atoms with Crippen LogP contribution in [0.4, 0.5) is 19.0 Å². The van der Waals surface area contributed by atoms with Crippen LogP contribution in [0.15, 0.2) is 24.3 Å². The Hall–Kier alpha value is -3.66. The molecule has 1 saturated heterocycles. The number of anilines is 1. The van der Waals surface area contributed by atoms with Crippen LogP contribution in [0.25, 0.3) is 0 Å². The van der Waals surface area contributed by atoms with Crippen LogP contribution in [0.1, 0.15) is 46.1 Å². The summed E-state index contributed by atoms with van der Waals surface area (Å²) in [7, 11) is -4.13. The minimum Gasteiger partial charge on any atom is -0.478 e. The van der Waals surface area contributed by atoms with Crippen molar-refractivity contribution >= 4 is 27.7 Å². The third-order valence-electron chi connectivity index (χ3n) is 5.25. The zero-order chi connectivity index (χ0) is 25.2. The Labute approximate surface area is 192 Å². The average molecular weight is 496 g/mol. The molecule has 1 aliphatic heterocycles. The molecule has 1 aliphatic rings. The highest BCUT2D eigenvalue weighted by Crippen LogP contribution is 2.34. The Morgan fingerprint density at radius 3 is 2.56 bits per heavy atom. The van der Waals surface area contributed by atoms with Crippen LogP contribution in [0.3, 0.4) is 0 Å². The standard InChI is InChI=1S/C21H19F3N4O5S/c1-2-14-15(7-25)19(26-17(18(23)24)16(14)21(30)31)28-8-12(9-28)20(29)27-34(32,33)10-11-4-3-5-13(22)6-11/h3-6,12,18H,2,8-10H2,1H3,(H,27,29)(H,30,31). The van der Waals surface area contributed by atoms with E-state index in [1.54, 1.807) is 6.07 Å². The third-order valence-corrected chi connectivity index (χ3v) is 6.47. The number of sulfonamides is 1. The van der Waals surface area contributed by atoms with Gasteiger partial charge in [-0.3, -0.25) is 9.52 Å². The van der Waals surface area contributed by atoms with Crippen molar-refractivity contribution in [3.05, 3.63) is 58.0 Å². The molecule has 1 fully saturated rings. The lowest BCUT2D eigenvalue weighted by atomic mass is 9.94. The minimum absolute atomic E-state index is 0.0180. The molecular weight excluding hydrogens is 477 g/mol. The third kappa shape index (κ3) is 5.12. The first-order valence-corrected chi connectivity index (χ1v) is 11.6. The summed E-state index contributed by atoms with van der Waals surface area (Å²) in [4.78, 5) is 29.0. The predicted molar refractivity (Wildman–Crippen MR) is 113 cm³/mol. The molecule has 0 spiro atoms. The number of carbonyl (C=O) groups excluding carboxylic acids is 1. The Morgan fingerprint density at radius 1 is 1.35 bits per heavy atom. The van der Waals surface area contributed by atoms with Gasteiger partial charge in [0.2, 0.25) is 15.9 Å². The van der Waals surface area contributed by atoms with Gasteiger partial charge in [0.25, 0.3) is 6.43 Å². The molecule has 0 atom stereocenters. The van der Waals surface area contributed by atoms with Crippen LogP contribution in [0.5, 0.6) is 0 Å². The van der Waals surface area contributed by atoms with Crippen LogP contribution in [-0.2, 0) is 27.0 Å². The zero-order valence-electron chi connectivity index (χ0n) is 17.8. The first kappa shape index (κ1) is 25.0. The largest absolute Gasteiger partial charge is 0.478 e. The fraction of sp³-hybridized carbons (Fsp3) is 0.333. The van der Waals surface area contributed by atoms with Crippen molar-refractivity contribution in [1.29, 1.82) is 5.26 Å². The molecule has 9 nitrogen and oxygen atoms in total. The van der Waals surface area contributed by atoms with Gasteiger partial charge in [0.1, 0.15) is 23.4 Å². The summed E-state index contributed by atoms with van der Waals surface area (Å²) in [5.41, 5.74) is -1.86. The maximum absolute atomic E-state index is 13.5. The number of hydrogen-bond acceptors (Lipinski definition) is 7. The van der Waals surface area contributed by atoms with Crippen LogP contribution in [0, 0.1) is 23.1 Å². The lowest BCUT2D eigenvalue weighted by Gasteiger charge is -2.39. The Balaban J connectivity index is 1.78. The van der Waals surface area contributed by atoms with Crippen molar-refractivity contribution < 1.29 is 36.3 Å². The molecule has 0 radical (unpaired) electrons. The second kappa shape index (κ2) is 9.68. The van der Waals surface area contributed by atoms with Gasteiger partial charge in [0, 0.05) is 13.1 Å². The molecule has 13 heteroatoms. The number of aromatic nitrogens is 1. The second-order valence-corrected chi connectivity index (χ2v) is 9.30. The van der Waals surface area contributed by atoms with Crippen LogP contribution >= 0.6 is 0 Å². The van der Waals surface area contributed by atoms with Gasteiger partial charge >= 0.3 is 5.97 Å². The normalized spacial score (nSPS) is 13.9. The minimum atomic E-state index is -4.13. The number of alkyl halides is 2. The molecule has 1 aromatic heterocycles. The molecule has 0 bridgehead atoms. The Morgan fingerprint density at radius 2 is 2.03 bits per heavy atom. The number of carbonyl (C=O) groups is 2. The predicted octanol–water partition coefficient (Wildman–Crippen LogP) is 2.37. The number of benzene rings is 1. The monoisotopic (exact) mass is 496 g/mol. The molecule has 1 aromatic carbocycles. The number of aromatic carboxylic acids is 1. The molecule has 3 rings (SSSR count). The number of halogens is 3. The highest BCUT2D eigenvalue weighted by atomic mass is 32.2. The van der Waals surface area contributed by atoms with E-state index in [1.165, 1.54) is 24.0 Å². The molecular formula is C21H19F3N4O5S. The summed E-state index contributed by atoms with van der Waals surface area (Å²) in [5.74, 6) is -4.77. The first-order chi connectivity index (χ1) is 16.0. The molecule has 0 saturated carbocycles. The quantitative estimate of drug-likeness (QED) is 0.568. The Kier molecular flexibility index (Phi) is 7.11. The zero-order valence-corrected chi connectivity index (χ0v) is 18.6. The summed E-state index contributed by atoms with van der Waals surface area (Å²) in [6, 6.07) is 6.69. The van der Waals surface area contributed by atoms with Crippen LogP contribution in [-0.4, -0.2) is 43.5 Å². The van der Waals surface area contributed by atoms with Gasteiger partial charge in [-0.25, -0.2) is 31.4 Å². The van der Waals surface area contributed by atoms with E-state index in [-0.39, 0.29) is 42.0 Å². The number of amides is 1. The van der Waals surface area contributed by atoms with Gasteiger partial charge in [0.05, 0.1) is 22.8 Å². The maximum atomic E-state index is 13.5. The van der Waals surface area contributed by atoms with Crippen LogP contribution < -0.4 is 9.62 Å². The Bertz CT molecular complexity index is 1290. The number of nitrogens with zero attached hydrogens (tertiary/aromatic N) is 3. The number of nitrogens with one attached hydrogen (secondary N) is 1. The highest BCUT2D eigenvalue weighted by molar-refractivity contribution is 7.89. The van der Waals surface area contributed by atoms with E-state index in [2.05, 4.69) is 4.98 Å². The summed E-state index contributed by atoms with van der Waals surface area (Å²) in [5, 5.41) is 18.9. The molecule has 2 N–H and O–H groups in total. The molecule has 34 heavy (non-hydrogen) atoms. The van der Waals surface area contributed by atoms with E-state index in [1.807, 2.05) is 4.72 Å². The molecule has 0 unspecified atom stereocenters. The molecule has 0 aliphatic carbocycles. The summed E-state index contributed by atoms with van der Waals surface area (Å²) in [6.45, 7) is 1.26. The summed E-state index contributed by atoms with van der Waals surface area (Å²) in [6.07, 6.45) is -3.23. The summed E-state index contributed by atoms with van der Waals surface area (Å²) >= 11 is 0. The van der Waals surface area contributed by atoms with Gasteiger partial charge in [-0.05, 0) is 29.7 Å². The second-order valence-electron chi connectivity index (χ2n) is 7.58. The van der Waals surface area contributed by atoms with E-state index in [4.69, 9.17) is 0 Å². The van der Waals surface area contributed by atoms with E-state index in [0.29, 0.717) is 0 Å². The fourth-order valence-corrected chi connectivity index (χ4v) is 4.84. The average Bonchev–Trinajstić information content (AvgIpc) is 2.70. The van der Waals surface area contributed by atoms with Crippen molar-refractivity contribution in [1.82, 2.24) is 9.71 Å². The SMILES string of the molecule is CCc1c(C#N)c(N2CC(C(=O)NS(=O)(=O)Cc3cccc(F)c3)C2)nc(C(F)F)c1C(=O)O. The molecule has 180 valence electrons. The fourth-order valence-electron chi connectivity index (χ4n) is 3.67. The van der Waals surface area contributed by atoms with Crippen LogP contribution in [0.2, 0.25) is 0 Å². The lowest BCUT2D eigenvalue weighted by Crippen LogP contribution is -2.55. The van der Waals surface area contributed by atoms with Gasteiger partial charge in [-0.2, -0.15) is 5.26 Å². The maximum Gasteiger partial charge on any atom is 0.338 e. The number of carboxylic acids is 1. The number of nitriles is 1. The van der Waals surface area contributed by atoms with Gasteiger partial charge in [-0.15, -0.1) is 0 Å². The van der Waals surface area contributed by atoms with Gasteiger partial charge < -0.3 is 10.0 Å². The smallest absolute Gasteiger partial charge is 0.338 e. The molecule has 2 heterocycles. The summed E-state index contributed by atoms with van der Waals surface area (Å²) < 4.78 is 66.7. The number of rotatable bonds is 8.